The lowest BCUT2D eigenvalue weighted by atomic mass is 9.83. The molecule has 0 aromatic heterocycles. The Morgan fingerprint density at radius 3 is 2.21 bits per heavy atom. The van der Waals surface area contributed by atoms with Gasteiger partial charge in [0.2, 0.25) is 0 Å². The molecule has 0 radical (unpaired) electrons. The van der Waals surface area contributed by atoms with E-state index in [0.717, 1.165) is 34.4 Å². The van der Waals surface area contributed by atoms with Gasteiger partial charge in [-0.3, -0.25) is 0 Å². The molecule has 0 amide bonds. The highest BCUT2D eigenvalue weighted by atomic mass is 16.5. The van der Waals surface area contributed by atoms with Gasteiger partial charge in [0, 0.05) is 22.8 Å². The number of benzene rings is 2. The van der Waals surface area contributed by atoms with Crippen LogP contribution >= 0.6 is 0 Å². The average Bonchev–Trinajstić information content (AvgIpc) is 2.87. The molecule has 0 bridgehead atoms. The zero-order chi connectivity index (χ0) is 20.3. The van der Waals surface area contributed by atoms with E-state index >= 15 is 0 Å². The van der Waals surface area contributed by atoms with E-state index in [-0.39, 0.29) is 19.1 Å². The maximum absolute atomic E-state index is 9.79. The van der Waals surface area contributed by atoms with Crippen LogP contribution in [0.2, 0.25) is 0 Å². The largest absolute Gasteiger partial charge is 0.493 e. The van der Waals surface area contributed by atoms with Gasteiger partial charge in [-0.2, -0.15) is 5.10 Å². The number of hydrogen-bond acceptors (Lipinski definition) is 6. The van der Waals surface area contributed by atoms with Crippen LogP contribution in [0.1, 0.15) is 54.0 Å². The minimum atomic E-state index is -0.154. The molecule has 0 aliphatic carbocycles. The second-order valence-electron chi connectivity index (χ2n) is 6.74. The average molecular weight is 382 g/mol. The van der Waals surface area contributed by atoms with Crippen molar-refractivity contribution in [3.8, 4) is 11.5 Å². The van der Waals surface area contributed by atoms with E-state index < -0.39 is 0 Å². The fraction of sp³-hybridized carbons (Fsp3) is 0.364. The minimum Gasteiger partial charge on any atom is -0.493 e. The third-order valence-corrected chi connectivity index (χ3v) is 5.22. The van der Waals surface area contributed by atoms with E-state index in [1.165, 1.54) is 0 Å². The molecule has 2 N–H and O–H groups in total. The van der Waals surface area contributed by atoms with E-state index in [1.807, 2.05) is 37.3 Å². The summed E-state index contributed by atoms with van der Waals surface area (Å²) in [4.78, 5) is 0. The maximum atomic E-state index is 9.79. The van der Waals surface area contributed by atoms with Gasteiger partial charge in [0.15, 0.2) is 11.5 Å². The summed E-state index contributed by atoms with van der Waals surface area (Å²) in [5.74, 6) is 1.34. The Morgan fingerprint density at radius 2 is 1.61 bits per heavy atom. The van der Waals surface area contributed by atoms with Crippen molar-refractivity contribution in [1.82, 2.24) is 0 Å². The van der Waals surface area contributed by atoms with Crippen LogP contribution < -0.4 is 9.47 Å². The number of methoxy groups -OCH3 is 2. The number of ether oxygens (including phenoxy) is 2. The number of rotatable bonds is 6. The number of nitrogens with zero attached hydrogens (tertiary/aromatic N) is 2. The summed E-state index contributed by atoms with van der Waals surface area (Å²) in [6, 6.07) is 9.50. The summed E-state index contributed by atoms with van der Waals surface area (Å²) in [6.45, 7) is 3.79. The van der Waals surface area contributed by atoms with Crippen LogP contribution in [0, 0.1) is 0 Å². The lowest BCUT2D eigenvalue weighted by molar-refractivity contribution is 0.260. The van der Waals surface area contributed by atoms with Crippen LogP contribution in [0.4, 0.5) is 0 Å². The lowest BCUT2D eigenvalue weighted by Crippen LogP contribution is -2.14. The van der Waals surface area contributed by atoms with Gasteiger partial charge in [-0.1, -0.05) is 13.0 Å². The summed E-state index contributed by atoms with van der Waals surface area (Å²) in [5.41, 5.74) is 5.82. The topological polar surface area (TPSA) is 83.6 Å². The van der Waals surface area contributed by atoms with Crippen LogP contribution in [-0.4, -0.2) is 35.9 Å². The molecule has 148 valence electrons. The van der Waals surface area contributed by atoms with Crippen molar-refractivity contribution >= 4 is 11.4 Å². The maximum Gasteiger partial charge on any atom is 0.161 e. The first-order chi connectivity index (χ1) is 13.6. The third-order valence-electron chi connectivity index (χ3n) is 5.22. The van der Waals surface area contributed by atoms with Crippen LogP contribution in [-0.2, 0) is 13.2 Å². The molecule has 3 rings (SSSR count). The molecule has 1 atom stereocenters. The summed E-state index contributed by atoms with van der Waals surface area (Å²) in [6.07, 6.45) is 0.862. The van der Waals surface area contributed by atoms with E-state index in [2.05, 4.69) is 17.1 Å². The molecule has 2 aromatic carbocycles. The Balaban J connectivity index is 2.26. The van der Waals surface area contributed by atoms with Crippen LogP contribution in [0.3, 0.4) is 0 Å². The van der Waals surface area contributed by atoms with E-state index in [9.17, 15) is 10.2 Å². The SMILES string of the molecule is CCC1C(C)=NN=C(c2ccc(OC)c(OC)c2)c2cc(CO)c(CO)cc21. The van der Waals surface area contributed by atoms with Crippen molar-refractivity contribution in [3.05, 3.63) is 58.1 Å². The lowest BCUT2D eigenvalue weighted by Gasteiger charge is -2.20. The first kappa shape index (κ1) is 20.0. The van der Waals surface area contributed by atoms with E-state index in [4.69, 9.17) is 9.47 Å². The summed E-state index contributed by atoms with van der Waals surface area (Å²) < 4.78 is 10.8. The minimum absolute atomic E-state index is 0.0921. The fourth-order valence-corrected chi connectivity index (χ4v) is 3.69. The number of fused-ring (bicyclic) bond motifs is 1. The van der Waals surface area contributed by atoms with Gasteiger partial charge < -0.3 is 19.7 Å². The number of aliphatic hydroxyl groups is 2. The van der Waals surface area contributed by atoms with Crippen molar-refractivity contribution in [1.29, 1.82) is 0 Å². The van der Waals surface area contributed by atoms with Crippen molar-refractivity contribution in [3.63, 3.8) is 0 Å². The van der Waals surface area contributed by atoms with Crippen molar-refractivity contribution in [2.24, 2.45) is 10.2 Å². The van der Waals surface area contributed by atoms with Gasteiger partial charge in [-0.25, -0.2) is 0 Å². The molecule has 1 unspecified atom stereocenters. The van der Waals surface area contributed by atoms with Crippen molar-refractivity contribution < 1.29 is 19.7 Å². The van der Waals surface area contributed by atoms with Gasteiger partial charge in [0.05, 0.1) is 27.4 Å². The van der Waals surface area contributed by atoms with Gasteiger partial charge in [0.25, 0.3) is 0 Å². The Morgan fingerprint density at radius 1 is 0.929 bits per heavy atom. The molecule has 1 aliphatic rings. The monoisotopic (exact) mass is 382 g/mol. The molecule has 0 fully saturated rings. The van der Waals surface area contributed by atoms with Crippen molar-refractivity contribution in [2.75, 3.05) is 14.2 Å². The molecule has 2 aromatic rings. The predicted molar refractivity (Wildman–Crippen MR) is 110 cm³/mol. The van der Waals surface area contributed by atoms with E-state index in [0.29, 0.717) is 22.8 Å². The van der Waals surface area contributed by atoms with Crippen LogP contribution in [0.25, 0.3) is 0 Å². The zero-order valence-electron chi connectivity index (χ0n) is 16.7. The molecule has 6 nitrogen and oxygen atoms in total. The summed E-state index contributed by atoms with van der Waals surface area (Å²) >= 11 is 0. The highest BCUT2D eigenvalue weighted by Crippen LogP contribution is 2.34. The highest BCUT2D eigenvalue weighted by molar-refractivity contribution is 6.16. The molecule has 1 aliphatic heterocycles. The normalized spacial score (nSPS) is 16.0. The van der Waals surface area contributed by atoms with Gasteiger partial charge in [0.1, 0.15) is 5.71 Å². The molecular formula is C22H26N2O4. The van der Waals surface area contributed by atoms with Crippen LogP contribution in [0.5, 0.6) is 11.5 Å². The molecule has 1 heterocycles. The first-order valence-corrected chi connectivity index (χ1v) is 9.30. The third kappa shape index (κ3) is 3.53. The quantitative estimate of drug-likeness (QED) is 0.802. The Hall–Kier alpha value is -2.70. The fourth-order valence-electron chi connectivity index (χ4n) is 3.69. The second kappa shape index (κ2) is 8.54. The molecule has 0 spiro atoms. The van der Waals surface area contributed by atoms with Gasteiger partial charge in [-0.15, -0.1) is 5.10 Å². The Bertz CT molecular complexity index is 934. The standard InChI is InChI=1S/C22H26N2O4/c1-5-17-13(2)23-24-22(14-6-7-20(27-3)21(10-14)28-4)19-9-16(12-26)15(11-25)8-18(17)19/h6-10,17,25-26H,5,11-12H2,1-4H3. The highest BCUT2D eigenvalue weighted by Gasteiger charge is 2.25. The number of aliphatic hydroxyl groups excluding tert-OH is 2. The zero-order valence-corrected chi connectivity index (χ0v) is 16.7. The molecule has 0 saturated heterocycles. The van der Waals surface area contributed by atoms with Crippen molar-refractivity contribution in [2.45, 2.75) is 39.4 Å². The predicted octanol–water partition coefficient (Wildman–Crippen LogP) is 3.41. The smallest absolute Gasteiger partial charge is 0.161 e. The summed E-state index contributed by atoms with van der Waals surface area (Å²) in [7, 11) is 3.19. The molecule has 28 heavy (non-hydrogen) atoms. The number of hydrogen-bond donors (Lipinski definition) is 2. The van der Waals surface area contributed by atoms with E-state index in [1.54, 1.807) is 14.2 Å². The molecule has 0 saturated carbocycles. The Labute approximate surface area is 165 Å². The summed E-state index contributed by atoms with van der Waals surface area (Å²) in [5, 5.41) is 28.5. The van der Waals surface area contributed by atoms with Gasteiger partial charge >= 0.3 is 0 Å². The molecular weight excluding hydrogens is 356 g/mol. The Kier molecular flexibility index (Phi) is 6.11. The van der Waals surface area contributed by atoms with Gasteiger partial charge in [-0.05, 0) is 54.3 Å². The molecule has 6 heteroatoms. The second-order valence-corrected chi connectivity index (χ2v) is 6.74. The first-order valence-electron chi connectivity index (χ1n) is 9.30. The van der Waals surface area contributed by atoms with Crippen LogP contribution in [0.15, 0.2) is 40.5 Å².